The second kappa shape index (κ2) is 7.36. The van der Waals surface area contributed by atoms with Crippen LogP contribution < -0.4 is 4.74 Å². The van der Waals surface area contributed by atoms with Crippen LogP contribution in [-0.2, 0) is 19.5 Å². The molecule has 0 atom stereocenters. The van der Waals surface area contributed by atoms with Gasteiger partial charge in [0.1, 0.15) is 5.82 Å². The number of ether oxygens (including phenoxy) is 1. The number of halogens is 2. The first-order valence-electron chi connectivity index (χ1n) is 9.22. The van der Waals surface area contributed by atoms with Gasteiger partial charge in [0.05, 0.1) is 6.10 Å². The smallest absolute Gasteiger partial charge is 0.165 e. The standard InChI is InChI=1S/C22H27F2NO/c1-15(2)26-21-12-16(8-9-20(21)24)10-11-22(3,4)25-13-17-6-5-7-19(23)18(17)14-25/h5-9,12,15H,10-11,13-14H2,1-4H3. The highest BCUT2D eigenvalue weighted by Gasteiger charge is 2.32. The van der Waals surface area contributed by atoms with E-state index in [9.17, 15) is 8.78 Å². The minimum absolute atomic E-state index is 0.0609. The predicted octanol–water partition coefficient (Wildman–Crippen LogP) is 5.48. The van der Waals surface area contributed by atoms with E-state index in [1.165, 1.54) is 12.1 Å². The van der Waals surface area contributed by atoms with Gasteiger partial charge < -0.3 is 4.74 Å². The molecule has 0 saturated carbocycles. The Morgan fingerprint density at radius 2 is 1.85 bits per heavy atom. The van der Waals surface area contributed by atoms with Gasteiger partial charge in [0.2, 0.25) is 0 Å². The molecule has 0 amide bonds. The van der Waals surface area contributed by atoms with E-state index in [1.807, 2.05) is 26.0 Å². The summed E-state index contributed by atoms with van der Waals surface area (Å²) in [7, 11) is 0. The molecule has 2 aromatic carbocycles. The van der Waals surface area contributed by atoms with Crippen molar-refractivity contribution in [1.82, 2.24) is 4.90 Å². The molecule has 1 aliphatic rings. The average molecular weight is 359 g/mol. The van der Waals surface area contributed by atoms with E-state index < -0.39 is 0 Å². The molecule has 1 aliphatic heterocycles. The third-order valence-corrected chi connectivity index (χ3v) is 5.17. The van der Waals surface area contributed by atoms with E-state index in [2.05, 4.69) is 18.7 Å². The van der Waals surface area contributed by atoms with Crippen LogP contribution in [0.2, 0.25) is 0 Å². The van der Waals surface area contributed by atoms with Crippen molar-refractivity contribution in [3.8, 4) is 5.75 Å². The molecule has 0 saturated heterocycles. The third kappa shape index (κ3) is 4.07. The zero-order valence-corrected chi connectivity index (χ0v) is 16.0. The second-order valence-corrected chi connectivity index (χ2v) is 7.98. The molecule has 0 radical (unpaired) electrons. The van der Waals surface area contributed by atoms with E-state index in [4.69, 9.17) is 4.74 Å². The Kier molecular flexibility index (Phi) is 5.33. The molecule has 0 N–H and O–H groups in total. The molecule has 140 valence electrons. The molecule has 2 nitrogen and oxygen atoms in total. The van der Waals surface area contributed by atoms with E-state index in [0.717, 1.165) is 36.1 Å². The van der Waals surface area contributed by atoms with Gasteiger partial charge in [-0.2, -0.15) is 0 Å². The fourth-order valence-electron chi connectivity index (χ4n) is 3.46. The molecule has 3 rings (SSSR count). The summed E-state index contributed by atoms with van der Waals surface area (Å²) >= 11 is 0. The highest BCUT2D eigenvalue weighted by Crippen LogP contribution is 2.33. The normalized spacial score (nSPS) is 14.7. The SMILES string of the molecule is CC(C)Oc1cc(CCC(C)(C)N2Cc3cccc(F)c3C2)ccc1F. The summed E-state index contributed by atoms with van der Waals surface area (Å²) in [6, 6.07) is 10.4. The number of hydrogen-bond donors (Lipinski definition) is 0. The van der Waals surface area contributed by atoms with Crippen LogP contribution in [0.5, 0.6) is 5.75 Å². The average Bonchev–Trinajstić information content (AvgIpc) is 3.02. The van der Waals surface area contributed by atoms with Crippen LogP contribution in [0.15, 0.2) is 36.4 Å². The molecule has 1 heterocycles. The van der Waals surface area contributed by atoms with Crippen molar-refractivity contribution < 1.29 is 13.5 Å². The number of rotatable bonds is 6. The summed E-state index contributed by atoms with van der Waals surface area (Å²) in [5.74, 6) is -0.132. The molecule has 26 heavy (non-hydrogen) atoms. The van der Waals surface area contributed by atoms with Gasteiger partial charge in [0, 0.05) is 24.2 Å². The lowest BCUT2D eigenvalue weighted by Gasteiger charge is -2.35. The maximum Gasteiger partial charge on any atom is 0.165 e. The Hall–Kier alpha value is -1.94. The van der Waals surface area contributed by atoms with E-state index >= 15 is 0 Å². The fourth-order valence-corrected chi connectivity index (χ4v) is 3.46. The molecular weight excluding hydrogens is 332 g/mol. The van der Waals surface area contributed by atoms with Gasteiger partial charge in [-0.3, -0.25) is 4.90 Å². The Labute approximate surface area is 154 Å². The van der Waals surface area contributed by atoms with Gasteiger partial charge in [-0.05, 0) is 69.9 Å². The predicted molar refractivity (Wildman–Crippen MR) is 100 cm³/mol. The molecule has 0 aliphatic carbocycles. The number of hydrogen-bond acceptors (Lipinski definition) is 2. The summed E-state index contributed by atoms with van der Waals surface area (Å²) in [6.45, 7) is 9.56. The summed E-state index contributed by atoms with van der Waals surface area (Å²) in [5.41, 5.74) is 2.86. The fraction of sp³-hybridized carbons (Fsp3) is 0.455. The van der Waals surface area contributed by atoms with Crippen LogP contribution in [0.25, 0.3) is 0 Å². The maximum absolute atomic E-state index is 14.0. The second-order valence-electron chi connectivity index (χ2n) is 7.98. The van der Waals surface area contributed by atoms with E-state index in [-0.39, 0.29) is 23.3 Å². The molecule has 0 bridgehead atoms. The molecule has 0 spiro atoms. The zero-order valence-electron chi connectivity index (χ0n) is 16.0. The monoisotopic (exact) mass is 359 g/mol. The van der Waals surface area contributed by atoms with Gasteiger partial charge in [-0.1, -0.05) is 18.2 Å². The topological polar surface area (TPSA) is 12.5 Å². The quantitative estimate of drug-likeness (QED) is 0.677. The van der Waals surface area contributed by atoms with Crippen molar-refractivity contribution in [3.05, 3.63) is 64.7 Å². The van der Waals surface area contributed by atoms with Gasteiger partial charge in [0.15, 0.2) is 11.6 Å². The number of aryl methyl sites for hydroxylation is 1. The van der Waals surface area contributed by atoms with E-state index in [1.54, 1.807) is 12.1 Å². The Morgan fingerprint density at radius 3 is 2.54 bits per heavy atom. The first kappa shape index (κ1) is 18.8. The minimum Gasteiger partial charge on any atom is -0.488 e. The van der Waals surface area contributed by atoms with Crippen LogP contribution >= 0.6 is 0 Å². The molecule has 4 heteroatoms. The summed E-state index contributed by atoms with van der Waals surface area (Å²) < 4.78 is 33.4. The van der Waals surface area contributed by atoms with Crippen molar-refractivity contribution in [3.63, 3.8) is 0 Å². The summed E-state index contributed by atoms with van der Waals surface area (Å²) in [5, 5.41) is 0. The Balaban J connectivity index is 1.67. The van der Waals surface area contributed by atoms with Crippen LogP contribution in [0.4, 0.5) is 8.78 Å². The van der Waals surface area contributed by atoms with Crippen molar-refractivity contribution >= 4 is 0 Å². The Morgan fingerprint density at radius 1 is 1.08 bits per heavy atom. The lowest BCUT2D eigenvalue weighted by molar-refractivity contribution is 0.109. The van der Waals surface area contributed by atoms with E-state index in [0.29, 0.717) is 12.3 Å². The molecule has 0 aromatic heterocycles. The van der Waals surface area contributed by atoms with Crippen LogP contribution in [0, 0.1) is 11.6 Å². The Bertz CT molecular complexity index is 786. The highest BCUT2D eigenvalue weighted by molar-refractivity contribution is 5.33. The lowest BCUT2D eigenvalue weighted by Crippen LogP contribution is -2.40. The third-order valence-electron chi connectivity index (χ3n) is 5.17. The first-order chi connectivity index (χ1) is 12.3. The van der Waals surface area contributed by atoms with Crippen molar-refractivity contribution in [2.75, 3.05) is 0 Å². The van der Waals surface area contributed by atoms with Crippen molar-refractivity contribution in [1.29, 1.82) is 0 Å². The molecule has 0 fully saturated rings. The number of benzene rings is 2. The lowest BCUT2D eigenvalue weighted by atomic mass is 9.93. The number of fused-ring (bicyclic) bond motifs is 1. The molecular formula is C22H27F2NO. The van der Waals surface area contributed by atoms with Crippen molar-refractivity contribution in [2.45, 2.75) is 65.3 Å². The van der Waals surface area contributed by atoms with Crippen LogP contribution in [-0.4, -0.2) is 16.5 Å². The van der Waals surface area contributed by atoms with Crippen LogP contribution in [0.1, 0.15) is 50.8 Å². The molecule has 2 aromatic rings. The van der Waals surface area contributed by atoms with Gasteiger partial charge in [-0.15, -0.1) is 0 Å². The van der Waals surface area contributed by atoms with Crippen LogP contribution in [0.3, 0.4) is 0 Å². The largest absolute Gasteiger partial charge is 0.488 e. The summed E-state index contributed by atoms with van der Waals surface area (Å²) in [6.07, 6.45) is 1.65. The molecule has 0 unspecified atom stereocenters. The maximum atomic E-state index is 14.0. The first-order valence-corrected chi connectivity index (χ1v) is 9.22. The zero-order chi connectivity index (χ0) is 18.9. The summed E-state index contributed by atoms with van der Waals surface area (Å²) in [4.78, 5) is 2.32. The van der Waals surface area contributed by atoms with Gasteiger partial charge >= 0.3 is 0 Å². The van der Waals surface area contributed by atoms with Gasteiger partial charge in [-0.25, -0.2) is 8.78 Å². The number of nitrogens with zero attached hydrogens (tertiary/aromatic N) is 1. The highest BCUT2D eigenvalue weighted by atomic mass is 19.1. The van der Waals surface area contributed by atoms with Crippen molar-refractivity contribution in [2.24, 2.45) is 0 Å². The van der Waals surface area contributed by atoms with Gasteiger partial charge in [0.25, 0.3) is 0 Å². The minimum atomic E-state index is -0.327.